The summed E-state index contributed by atoms with van der Waals surface area (Å²) in [7, 11) is -1.16. The number of nitrogens with one attached hydrogen (secondary N) is 1. The molecule has 3 rings (SSSR count). The Kier molecular flexibility index (Phi) is 6.21. The van der Waals surface area contributed by atoms with Crippen LogP contribution < -0.4 is 24.7 Å². The zero-order valence-electron chi connectivity index (χ0n) is 15.9. The summed E-state index contributed by atoms with van der Waals surface area (Å²) in [5.74, 6) is 0.497. The normalized spacial score (nSPS) is 15.8. The van der Waals surface area contributed by atoms with Crippen LogP contribution in [-0.4, -0.2) is 41.7 Å². The predicted molar refractivity (Wildman–Crippen MR) is 108 cm³/mol. The Bertz CT molecular complexity index is 1040. The molecule has 0 aliphatic carbocycles. The van der Waals surface area contributed by atoms with Crippen molar-refractivity contribution in [2.75, 3.05) is 27.4 Å². The number of nitrogens with two attached hydrogens (primary N) is 1. The molecule has 1 unspecified atom stereocenters. The van der Waals surface area contributed by atoms with Gasteiger partial charge in [0, 0.05) is 29.1 Å². The highest BCUT2D eigenvalue weighted by atomic mass is 35.5. The first kappa shape index (κ1) is 21.2. The number of amides is 1. The highest BCUT2D eigenvalue weighted by molar-refractivity contribution is 7.89. The van der Waals surface area contributed by atoms with E-state index < -0.39 is 10.0 Å². The second-order valence-electron chi connectivity index (χ2n) is 6.47. The lowest BCUT2D eigenvalue weighted by Gasteiger charge is -2.27. The molecule has 0 bridgehead atoms. The minimum Gasteiger partial charge on any atom is -0.496 e. The first-order valence-electron chi connectivity index (χ1n) is 8.74. The maximum Gasteiger partial charge on any atom is 0.255 e. The number of ether oxygens (including phenoxy) is 3. The van der Waals surface area contributed by atoms with Gasteiger partial charge in [-0.2, -0.15) is 0 Å². The van der Waals surface area contributed by atoms with Gasteiger partial charge < -0.3 is 19.5 Å². The summed E-state index contributed by atoms with van der Waals surface area (Å²) in [4.78, 5) is 12.5. The maximum atomic E-state index is 12.6. The molecule has 0 radical (unpaired) electrons. The molecule has 1 aliphatic rings. The lowest BCUT2D eigenvalue weighted by molar-refractivity contribution is 0.0945. The molecular formula is C19H21ClN2O6S. The van der Waals surface area contributed by atoms with E-state index in [1.54, 1.807) is 12.1 Å². The smallest absolute Gasteiger partial charge is 0.255 e. The van der Waals surface area contributed by atoms with Crippen molar-refractivity contribution < 1.29 is 27.4 Å². The van der Waals surface area contributed by atoms with Gasteiger partial charge in [-0.3, -0.25) is 4.79 Å². The monoisotopic (exact) mass is 440 g/mol. The summed E-state index contributed by atoms with van der Waals surface area (Å²) < 4.78 is 39.8. The van der Waals surface area contributed by atoms with Crippen LogP contribution in [0.3, 0.4) is 0 Å². The van der Waals surface area contributed by atoms with Crippen LogP contribution in [0.15, 0.2) is 35.2 Å². The Morgan fingerprint density at radius 3 is 2.62 bits per heavy atom. The van der Waals surface area contributed by atoms with Gasteiger partial charge in [-0.15, -0.1) is 0 Å². The number of methoxy groups -OCH3 is 2. The summed E-state index contributed by atoms with van der Waals surface area (Å²) in [6.07, 6.45) is 0.594. The van der Waals surface area contributed by atoms with Crippen molar-refractivity contribution in [2.45, 2.75) is 17.2 Å². The maximum absolute atomic E-state index is 12.6. The molecule has 2 aromatic rings. The number of rotatable bonds is 6. The van der Waals surface area contributed by atoms with E-state index in [0.717, 1.165) is 0 Å². The average Bonchev–Trinajstić information content (AvgIpc) is 2.70. The molecule has 0 saturated carbocycles. The Morgan fingerprint density at radius 1 is 1.24 bits per heavy atom. The third-order valence-corrected chi connectivity index (χ3v) is 5.85. The Labute approximate surface area is 173 Å². The fourth-order valence-corrected chi connectivity index (χ4v) is 4.12. The zero-order valence-corrected chi connectivity index (χ0v) is 17.5. The van der Waals surface area contributed by atoms with Crippen LogP contribution in [0.4, 0.5) is 0 Å². The van der Waals surface area contributed by atoms with E-state index in [0.29, 0.717) is 40.7 Å². The van der Waals surface area contributed by atoms with Crippen LogP contribution in [0.5, 0.6) is 17.2 Å². The van der Waals surface area contributed by atoms with Crippen molar-refractivity contribution in [3.8, 4) is 17.2 Å². The minimum atomic E-state index is -3.99. The average molecular weight is 441 g/mol. The van der Waals surface area contributed by atoms with Crippen LogP contribution in [0.2, 0.25) is 5.02 Å². The van der Waals surface area contributed by atoms with Crippen molar-refractivity contribution in [1.82, 2.24) is 5.32 Å². The number of carbonyl (C=O) groups is 1. The van der Waals surface area contributed by atoms with Crippen molar-refractivity contribution in [2.24, 2.45) is 5.14 Å². The molecule has 1 amide bonds. The van der Waals surface area contributed by atoms with Gasteiger partial charge in [0.05, 0.1) is 26.4 Å². The summed E-state index contributed by atoms with van der Waals surface area (Å²) in [6.45, 7) is 0.688. The van der Waals surface area contributed by atoms with E-state index >= 15 is 0 Å². The van der Waals surface area contributed by atoms with Gasteiger partial charge in [-0.25, -0.2) is 13.6 Å². The van der Waals surface area contributed by atoms with Crippen LogP contribution >= 0.6 is 11.6 Å². The molecule has 8 nitrogen and oxygen atoms in total. The Balaban J connectivity index is 1.86. The number of sulfonamides is 1. The van der Waals surface area contributed by atoms with Crippen molar-refractivity contribution in [3.63, 3.8) is 0 Å². The first-order chi connectivity index (χ1) is 13.7. The zero-order chi connectivity index (χ0) is 21.2. The van der Waals surface area contributed by atoms with E-state index in [9.17, 15) is 13.2 Å². The largest absolute Gasteiger partial charge is 0.496 e. The molecule has 1 atom stereocenters. The summed E-state index contributed by atoms with van der Waals surface area (Å²) in [5, 5.41) is 8.58. The third kappa shape index (κ3) is 4.58. The first-order valence-corrected chi connectivity index (χ1v) is 10.7. The molecule has 156 valence electrons. The summed E-state index contributed by atoms with van der Waals surface area (Å²) in [6, 6.07) is 7.72. The second-order valence-corrected chi connectivity index (χ2v) is 8.44. The van der Waals surface area contributed by atoms with E-state index in [2.05, 4.69) is 5.32 Å². The third-order valence-electron chi connectivity index (χ3n) is 4.68. The van der Waals surface area contributed by atoms with Gasteiger partial charge in [0.1, 0.15) is 22.1 Å². The van der Waals surface area contributed by atoms with Crippen LogP contribution in [0, 0.1) is 0 Å². The van der Waals surface area contributed by atoms with E-state index in [-0.39, 0.29) is 29.0 Å². The molecule has 1 aliphatic heterocycles. The standard InChI is InChI=1S/C19H21ClN2O6S/c1-26-15-4-3-12(20)7-14(15)19(23)22-10-11-5-6-28-16-9-17(27-2)18(8-13(11)16)29(21,24)25/h3-4,7-9,11H,5-6,10H2,1-2H3,(H,22,23)(H2,21,24,25). The van der Waals surface area contributed by atoms with Gasteiger partial charge in [0.25, 0.3) is 5.91 Å². The molecular weight excluding hydrogens is 420 g/mol. The van der Waals surface area contributed by atoms with Gasteiger partial charge in [-0.05, 0) is 30.7 Å². The van der Waals surface area contributed by atoms with Gasteiger partial charge in [0.15, 0.2) is 0 Å². The van der Waals surface area contributed by atoms with Gasteiger partial charge in [-0.1, -0.05) is 11.6 Å². The summed E-state index contributed by atoms with van der Waals surface area (Å²) >= 11 is 5.99. The SMILES string of the molecule is COc1ccc(Cl)cc1C(=O)NCC1CCOc2cc(OC)c(S(N)(=O)=O)cc21. The second kappa shape index (κ2) is 8.48. The molecule has 3 N–H and O–H groups in total. The summed E-state index contributed by atoms with van der Waals surface area (Å²) in [5.41, 5.74) is 0.951. The fraction of sp³-hybridized carbons (Fsp3) is 0.316. The van der Waals surface area contributed by atoms with Crippen LogP contribution in [0.25, 0.3) is 0 Å². The van der Waals surface area contributed by atoms with E-state index in [1.807, 2.05) is 0 Å². The number of benzene rings is 2. The van der Waals surface area contributed by atoms with Crippen LogP contribution in [0.1, 0.15) is 28.3 Å². The highest BCUT2D eigenvalue weighted by Gasteiger charge is 2.27. The predicted octanol–water partition coefficient (Wildman–Crippen LogP) is 2.30. The molecule has 0 aromatic heterocycles. The lowest BCUT2D eigenvalue weighted by atomic mass is 9.92. The molecule has 2 aromatic carbocycles. The van der Waals surface area contributed by atoms with E-state index in [1.165, 1.54) is 32.4 Å². The van der Waals surface area contributed by atoms with Crippen molar-refractivity contribution >= 4 is 27.5 Å². The van der Waals surface area contributed by atoms with E-state index in [4.69, 9.17) is 31.0 Å². The number of carbonyl (C=O) groups excluding carboxylic acids is 1. The number of primary sulfonamides is 1. The van der Waals surface area contributed by atoms with Gasteiger partial charge in [0.2, 0.25) is 10.0 Å². The molecule has 0 fully saturated rings. The highest BCUT2D eigenvalue weighted by Crippen LogP contribution is 2.39. The minimum absolute atomic E-state index is 0.111. The molecule has 1 heterocycles. The number of hydrogen-bond acceptors (Lipinski definition) is 6. The molecule has 10 heteroatoms. The quantitative estimate of drug-likeness (QED) is 0.711. The number of fused-ring (bicyclic) bond motifs is 1. The Morgan fingerprint density at radius 2 is 1.97 bits per heavy atom. The molecule has 0 saturated heterocycles. The lowest BCUT2D eigenvalue weighted by Crippen LogP contribution is -2.31. The number of halogens is 1. The van der Waals surface area contributed by atoms with Crippen molar-refractivity contribution in [3.05, 3.63) is 46.5 Å². The van der Waals surface area contributed by atoms with Crippen LogP contribution in [-0.2, 0) is 10.0 Å². The number of hydrogen-bond donors (Lipinski definition) is 2. The Hall–Kier alpha value is -2.49. The molecule has 29 heavy (non-hydrogen) atoms. The fourth-order valence-electron chi connectivity index (χ4n) is 3.23. The topological polar surface area (TPSA) is 117 Å². The van der Waals surface area contributed by atoms with Crippen molar-refractivity contribution in [1.29, 1.82) is 0 Å². The van der Waals surface area contributed by atoms with Gasteiger partial charge >= 0.3 is 0 Å². The molecule has 0 spiro atoms.